The van der Waals surface area contributed by atoms with Crippen LogP contribution in [0.15, 0.2) is 48.8 Å². The lowest BCUT2D eigenvalue weighted by atomic mass is 10.1. The maximum Gasteiger partial charge on any atom is 0.312 e. The third-order valence-electron chi connectivity index (χ3n) is 4.21. The summed E-state index contributed by atoms with van der Waals surface area (Å²) >= 11 is 0. The zero-order valence-electron chi connectivity index (χ0n) is 15.0. The Morgan fingerprint density at radius 1 is 1.11 bits per heavy atom. The largest absolute Gasteiger partial charge is 0.324 e. The molecule has 0 aliphatic heterocycles. The van der Waals surface area contributed by atoms with Crippen molar-refractivity contribution in [2.75, 3.05) is 5.32 Å². The molecule has 8 heteroatoms. The number of nitrogens with one attached hydrogen (secondary N) is 1. The van der Waals surface area contributed by atoms with Crippen LogP contribution >= 0.6 is 0 Å². The van der Waals surface area contributed by atoms with Crippen LogP contribution in [0.2, 0.25) is 0 Å². The summed E-state index contributed by atoms with van der Waals surface area (Å²) in [5.74, 6) is -0.294. The highest BCUT2D eigenvalue weighted by atomic mass is 16.6. The molecule has 1 N–H and O–H groups in total. The topological polar surface area (TPSA) is 103 Å². The normalized spacial score (nSPS) is 10.6. The first-order valence-electron chi connectivity index (χ1n) is 8.40. The van der Waals surface area contributed by atoms with Gasteiger partial charge in [-0.1, -0.05) is 12.1 Å². The summed E-state index contributed by atoms with van der Waals surface area (Å²) in [4.78, 5) is 26.8. The molecule has 8 nitrogen and oxygen atoms in total. The molecule has 2 heterocycles. The van der Waals surface area contributed by atoms with E-state index in [0.717, 1.165) is 17.5 Å². The second-order valence-corrected chi connectivity index (χ2v) is 6.21. The van der Waals surface area contributed by atoms with Crippen LogP contribution in [-0.4, -0.2) is 25.6 Å². The number of carbonyl (C=O) groups excluding carboxylic acids is 1. The van der Waals surface area contributed by atoms with Crippen LogP contribution in [0.25, 0.3) is 0 Å². The first-order valence-corrected chi connectivity index (χ1v) is 8.40. The van der Waals surface area contributed by atoms with Gasteiger partial charge in [0.15, 0.2) is 0 Å². The number of nitrogens with zero attached hydrogens (tertiary/aromatic N) is 4. The maximum atomic E-state index is 12.3. The molecule has 0 unspecified atom stereocenters. The highest BCUT2D eigenvalue weighted by Gasteiger charge is 2.22. The van der Waals surface area contributed by atoms with Crippen LogP contribution in [0.3, 0.4) is 0 Å². The van der Waals surface area contributed by atoms with E-state index in [-0.39, 0.29) is 18.1 Å². The van der Waals surface area contributed by atoms with Gasteiger partial charge in [-0.15, -0.1) is 0 Å². The molecule has 0 aliphatic carbocycles. The van der Waals surface area contributed by atoms with Gasteiger partial charge in [0.1, 0.15) is 17.9 Å². The third-order valence-corrected chi connectivity index (χ3v) is 4.21. The van der Waals surface area contributed by atoms with Gasteiger partial charge in [0, 0.05) is 18.1 Å². The van der Waals surface area contributed by atoms with Crippen molar-refractivity contribution < 1.29 is 9.72 Å². The first kappa shape index (κ1) is 18.2. The van der Waals surface area contributed by atoms with Gasteiger partial charge in [-0.25, -0.2) is 0 Å². The van der Waals surface area contributed by atoms with Crippen LogP contribution in [-0.2, 0) is 17.8 Å². The van der Waals surface area contributed by atoms with Crippen molar-refractivity contribution in [2.45, 2.75) is 26.8 Å². The fourth-order valence-electron chi connectivity index (χ4n) is 2.88. The number of amides is 1. The van der Waals surface area contributed by atoms with Crippen LogP contribution in [0.4, 0.5) is 11.4 Å². The molecular weight excluding hydrogens is 346 g/mol. The average molecular weight is 365 g/mol. The van der Waals surface area contributed by atoms with E-state index >= 15 is 0 Å². The summed E-state index contributed by atoms with van der Waals surface area (Å²) in [6, 6.07) is 11.5. The molecule has 1 amide bonds. The number of pyridine rings is 1. The molecule has 3 aromatic rings. The number of anilines is 1. The van der Waals surface area contributed by atoms with Gasteiger partial charge in [-0.3, -0.25) is 24.6 Å². The highest BCUT2D eigenvalue weighted by Crippen LogP contribution is 2.21. The van der Waals surface area contributed by atoms with E-state index < -0.39 is 4.92 Å². The third kappa shape index (κ3) is 4.35. The van der Waals surface area contributed by atoms with Crippen LogP contribution in [0.5, 0.6) is 0 Å². The van der Waals surface area contributed by atoms with E-state index in [1.807, 2.05) is 36.4 Å². The van der Waals surface area contributed by atoms with Crippen molar-refractivity contribution >= 4 is 17.3 Å². The molecule has 0 fully saturated rings. The number of hydrogen-bond donors (Lipinski definition) is 1. The minimum atomic E-state index is -0.479. The number of aromatic nitrogens is 3. The molecule has 0 atom stereocenters. The number of nitro groups is 1. The van der Waals surface area contributed by atoms with Gasteiger partial charge in [-0.05, 0) is 55.7 Å². The molecular formula is C19H19N5O3. The van der Waals surface area contributed by atoms with Crippen molar-refractivity contribution in [3.63, 3.8) is 0 Å². The lowest BCUT2D eigenvalue weighted by molar-refractivity contribution is -0.386. The lowest BCUT2D eigenvalue weighted by Crippen LogP contribution is -2.20. The fourth-order valence-corrected chi connectivity index (χ4v) is 2.88. The number of aryl methyl sites for hydroxylation is 1. The Hall–Kier alpha value is -3.55. The molecule has 0 bridgehead atoms. The van der Waals surface area contributed by atoms with E-state index in [1.165, 1.54) is 4.68 Å². The Morgan fingerprint density at radius 2 is 1.74 bits per heavy atom. The van der Waals surface area contributed by atoms with E-state index in [0.29, 0.717) is 17.1 Å². The Balaban J connectivity index is 1.63. The molecule has 27 heavy (non-hydrogen) atoms. The molecule has 3 rings (SSSR count). The molecule has 0 saturated heterocycles. The van der Waals surface area contributed by atoms with E-state index in [2.05, 4.69) is 15.4 Å². The van der Waals surface area contributed by atoms with E-state index in [1.54, 1.807) is 26.2 Å². The molecule has 0 spiro atoms. The quantitative estimate of drug-likeness (QED) is 0.534. The predicted molar refractivity (Wildman–Crippen MR) is 100 cm³/mol. The van der Waals surface area contributed by atoms with Crippen molar-refractivity contribution in [1.82, 2.24) is 14.8 Å². The van der Waals surface area contributed by atoms with Gasteiger partial charge in [0.25, 0.3) is 0 Å². The molecule has 0 saturated carbocycles. The minimum absolute atomic E-state index is 0.0525. The predicted octanol–water partition coefficient (Wildman–Crippen LogP) is 3.03. The smallest absolute Gasteiger partial charge is 0.312 e. The molecule has 0 aliphatic rings. The molecule has 2 aromatic heterocycles. The summed E-state index contributed by atoms with van der Waals surface area (Å²) in [5.41, 5.74) is 3.55. The van der Waals surface area contributed by atoms with Gasteiger partial charge in [0.05, 0.1) is 4.92 Å². The maximum absolute atomic E-state index is 12.3. The Labute approximate surface area is 156 Å². The molecule has 138 valence electrons. The summed E-state index contributed by atoms with van der Waals surface area (Å²) in [5, 5.41) is 17.9. The van der Waals surface area contributed by atoms with Gasteiger partial charge in [0.2, 0.25) is 5.91 Å². The number of benzene rings is 1. The van der Waals surface area contributed by atoms with Gasteiger partial charge in [-0.2, -0.15) is 5.10 Å². The monoisotopic (exact) mass is 365 g/mol. The molecule has 1 aromatic carbocycles. The van der Waals surface area contributed by atoms with Crippen molar-refractivity contribution in [3.05, 3.63) is 81.4 Å². The first-order chi connectivity index (χ1) is 12.9. The second kappa shape index (κ2) is 7.77. The van der Waals surface area contributed by atoms with Gasteiger partial charge < -0.3 is 5.32 Å². The van der Waals surface area contributed by atoms with Gasteiger partial charge >= 0.3 is 5.69 Å². The number of hydrogen-bond acceptors (Lipinski definition) is 5. The number of carbonyl (C=O) groups is 1. The summed E-state index contributed by atoms with van der Waals surface area (Å²) in [6.07, 6.45) is 4.30. The standard InChI is InChI=1S/C19H19N5O3/c1-13-19(24(26)27)14(2)23(22-13)12-18(25)21-17-5-3-15(4-6-17)11-16-7-9-20-10-8-16/h3-10H,11-12H2,1-2H3,(H,21,25). The summed E-state index contributed by atoms with van der Waals surface area (Å²) in [6.45, 7) is 3.06. The highest BCUT2D eigenvalue weighted by molar-refractivity contribution is 5.90. The molecule has 0 radical (unpaired) electrons. The van der Waals surface area contributed by atoms with Crippen LogP contribution < -0.4 is 5.32 Å². The zero-order chi connectivity index (χ0) is 19.4. The Morgan fingerprint density at radius 3 is 2.33 bits per heavy atom. The average Bonchev–Trinajstić information content (AvgIpc) is 2.91. The van der Waals surface area contributed by atoms with Crippen molar-refractivity contribution in [3.8, 4) is 0 Å². The van der Waals surface area contributed by atoms with E-state index in [9.17, 15) is 14.9 Å². The Bertz CT molecular complexity index is 965. The van der Waals surface area contributed by atoms with Crippen LogP contribution in [0, 0.1) is 24.0 Å². The minimum Gasteiger partial charge on any atom is -0.324 e. The van der Waals surface area contributed by atoms with Crippen molar-refractivity contribution in [2.24, 2.45) is 0 Å². The zero-order valence-corrected chi connectivity index (χ0v) is 15.0. The number of rotatable bonds is 6. The SMILES string of the molecule is Cc1nn(CC(=O)Nc2ccc(Cc3ccncc3)cc2)c(C)c1[N+](=O)[O-]. The van der Waals surface area contributed by atoms with E-state index in [4.69, 9.17) is 0 Å². The summed E-state index contributed by atoms with van der Waals surface area (Å²) in [7, 11) is 0. The van der Waals surface area contributed by atoms with Crippen LogP contribution in [0.1, 0.15) is 22.5 Å². The van der Waals surface area contributed by atoms with Crippen molar-refractivity contribution in [1.29, 1.82) is 0 Å². The fraction of sp³-hybridized carbons (Fsp3) is 0.211. The lowest BCUT2D eigenvalue weighted by Gasteiger charge is -2.08. The summed E-state index contributed by atoms with van der Waals surface area (Å²) < 4.78 is 1.35. The second-order valence-electron chi connectivity index (χ2n) is 6.21. The Kier molecular flexibility index (Phi) is 5.25.